The lowest BCUT2D eigenvalue weighted by atomic mass is 10.1. The Morgan fingerprint density at radius 3 is 3.05 bits per heavy atom. The van der Waals surface area contributed by atoms with Gasteiger partial charge in [-0.2, -0.15) is 0 Å². The predicted octanol–water partition coefficient (Wildman–Crippen LogP) is 1.49. The lowest BCUT2D eigenvalue weighted by Crippen LogP contribution is -2.41. The Balaban J connectivity index is 2.05. The first-order valence-corrected chi connectivity index (χ1v) is 7.38. The number of H-pyrrole nitrogens is 1. The Hall–Kier alpha value is -2.21. The number of aromatic amines is 1. The monoisotopic (exact) mass is 303 g/mol. The second-order valence-corrected chi connectivity index (χ2v) is 5.59. The average Bonchev–Trinajstić information content (AvgIpc) is 2.94. The van der Waals surface area contributed by atoms with Crippen molar-refractivity contribution in [1.29, 1.82) is 0 Å². The molecule has 1 aliphatic heterocycles. The smallest absolute Gasteiger partial charge is 0.255 e. The molecule has 0 bridgehead atoms. The van der Waals surface area contributed by atoms with Crippen molar-refractivity contribution in [3.63, 3.8) is 0 Å². The second-order valence-electron chi connectivity index (χ2n) is 5.59. The van der Waals surface area contributed by atoms with Crippen molar-refractivity contribution in [2.75, 3.05) is 20.1 Å². The molecule has 1 fully saturated rings. The minimum atomic E-state index is -0.443. The highest BCUT2D eigenvalue weighted by Gasteiger charge is 2.29. The molecule has 1 aromatic carbocycles. The molecule has 2 N–H and O–H groups in total. The van der Waals surface area contributed by atoms with Crippen LogP contribution in [-0.4, -0.2) is 42.0 Å². The summed E-state index contributed by atoms with van der Waals surface area (Å²) in [5.41, 5.74) is 0.285. The molecule has 1 atom stereocenters. The van der Waals surface area contributed by atoms with Gasteiger partial charge >= 0.3 is 0 Å². The van der Waals surface area contributed by atoms with Gasteiger partial charge in [0.15, 0.2) is 0 Å². The van der Waals surface area contributed by atoms with Crippen molar-refractivity contribution in [3.8, 4) is 0 Å². The third kappa shape index (κ3) is 2.62. The summed E-state index contributed by atoms with van der Waals surface area (Å²) in [6.45, 7) is 1.40. The Bertz CT molecular complexity index is 772. The Morgan fingerprint density at radius 2 is 2.27 bits per heavy atom. The largest absolute Gasteiger partial charge is 0.334 e. The Labute approximate surface area is 127 Å². The highest BCUT2D eigenvalue weighted by molar-refractivity contribution is 6.06. The van der Waals surface area contributed by atoms with Gasteiger partial charge in [-0.1, -0.05) is 0 Å². The number of hydrogen-bond donors (Lipinski definition) is 2. The highest BCUT2D eigenvalue weighted by atomic mass is 19.1. The number of likely N-dealkylation sites (tertiary alicyclic amines) is 1. The van der Waals surface area contributed by atoms with E-state index < -0.39 is 11.4 Å². The SMILES string of the molecule is CNCC1CCCN1C(=O)c1cc(=O)[nH]c2cc(F)ccc12. The van der Waals surface area contributed by atoms with Gasteiger partial charge in [0.2, 0.25) is 5.56 Å². The maximum Gasteiger partial charge on any atom is 0.255 e. The Kier molecular flexibility index (Phi) is 3.94. The van der Waals surface area contributed by atoms with Crippen LogP contribution in [0.1, 0.15) is 23.2 Å². The van der Waals surface area contributed by atoms with E-state index in [0.717, 1.165) is 19.4 Å². The summed E-state index contributed by atoms with van der Waals surface area (Å²) in [6.07, 6.45) is 1.90. The number of carbonyl (C=O) groups excluding carboxylic acids is 1. The molecule has 1 aromatic heterocycles. The van der Waals surface area contributed by atoms with Crippen LogP contribution in [0.5, 0.6) is 0 Å². The number of benzene rings is 1. The van der Waals surface area contributed by atoms with E-state index in [0.29, 0.717) is 23.0 Å². The maximum absolute atomic E-state index is 13.3. The lowest BCUT2D eigenvalue weighted by Gasteiger charge is -2.25. The van der Waals surface area contributed by atoms with Crippen LogP contribution < -0.4 is 10.9 Å². The molecule has 2 heterocycles. The molecule has 6 heteroatoms. The quantitative estimate of drug-likeness (QED) is 0.903. The average molecular weight is 303 g/mol. The van der Waals surface area contributed by atoms with Crippen LogP contribution >= 0.6 is 0 Å². The molecular formula is C16H18FN3O2. The summed E-state index contributed by atoms with van der Waals surface area (Å²) in [4.78, 5) is 29.0. The van der Waals surface area contributed by atoms with Crippen molar-refractivity contribution in [1.82, 2.24) is 15.2 Å². The van der Waals surface area contributed by atoms with Crippen molar-refractivity contribution >= 4 is 16.8 Å². The van der Waals surface area contributed by atoms with E-state index >= 15 is 0 Å². The van der Waals surface area contributed by atoms with E-state index in [1.54, 1.807) is 4.90 Å². The molecule has 2 aromatic rings. The van der Waals surface area contributed by atoms with E-state index in [2.05, 4.69) is 10.3 Å². The molecule has 0 radical (unpaired) electrons. The number of likely N-dealkylation sites (N-methyl/N-ethyl adjacent to an activating group) is 1. The van der Waals surface area contributed by atoms with E-state index in [9.17, 15) is 14.0 Å². The van der Waals surface area contributed by atoms with Crippen LogP contribution in [0.2, 0.25) is 0 Å². The number of nitrogens with one attached hydrogen (secondary N) is 2. The first-order chi connectivity index (χ1) is 10.6. The van der Waals surface area contributed by atoms with Gasteiger partial charge < -0.3 is 15.2 Å². The zero-order valence-electron chi connectivity index (χ0n) is 12.4. The molecule has 1 saturated heterocycles. The lowest BCUT2D eigenvalue weighted by molar-refractivity contribution is 0.0739. The predicted molar refractivity (Wildman–Crippen MR) is 82.5 cm³/mol. The zero-order chi connectivity index (χ0) is 15.7. The fourth-order valence-corrected chi connectivity index (χ4v) is 3.11. The van der Waals surface area contributed by atoms with Crippen molar-refractivity contribution in [2.24, 2.45) is 0 Å². The minimum absolute atomic E-state index is 0.132. The number of rotatable bonds is 3. The molecule has 3 rings (SSSR count). The summed E-state index contributed by atoms with van der Waals surface area (Å²) in [5.74, 6) is -0.609. The number of halogens is 1. The second kappa shape index (κ2) is 5.88. The molecule has 22 heavy (non-hydrogen) atoms. The van der Waals surface area contributed by atoms with Crippen LogP contribution in [0.4, 0.5) is 4.39 Å². The van der Waals surface area contributed by atoms with Gasteiger partial charge in [-0.25, -0.2) is 4.39 Å². The fourth-order valence-electron chi connectivity index (χ4n) is 3.11. The van der Waals surface area contributed by atoms with Crippen molar-refractivity contribution < 1.29 is 9.18 Å². The zero-order valence-corrected chi connectivity index (χ0v) is 12.4. The molecule has 5 nitrogen and oxygen atoms in total. The maximum atomic E-state index is 13.3. The van der Waals surface area contributed by atoms with Gasteiger partial charge in [0.25, 0.3) is 5.91 Å². The van der Waals surface area contributed by atoms with E-state index in [4.69, 9.17) is 0 Å². The molecule has 116 valence electrons. The van der Waals surface area contributed by atoms with Gasteiger partial charge in [-0.15, -0.1) is 0 Å². The third-order valence-electron chi connectivity index (χ3n) is 4.11. The van der Waals surface area contributed by atoms with Crippen LogP contribution in [0.3, 0.4) is 0 Å². The molecule has 1 amide bonds. The van der Waals surface area contributed by atoms with Crippen LogP contribution in [0.25, 0.3) is 10.9 Å². The van der Waals surface area contributed by atoms with E-state index in [1.165, 1.54) is 24.3 Å². The first-order valence-electron chi connectivity index (χ1n) is 7.38. The standard InChI is InChI=1S/C16H18FN3O2/c1-18-9-11-3-2-6-20(11)16(22)13-8-15(21)19-14-7-10(17)4-5-12(13)14/h4-5,7-8,11,18H,2-3,6,9H2,1H3,(H,19,21). The van der Waals surface area contributed by atoms with E-state index in [1.807, 2.05) is 7.05 Å². The van der Waals surface area contributed by atoms with Gasteiger partial charge in [0.1, 0.15) is 5.82 Å². The van der Waals surface area contributed by atoms with Gasteiger partial charge in [0, 0.05) is 30.6 Å². The molecule has 0 spiro atoms. The number of amides is 1. The highest BCUT2D eigenvalue weighted by Crippen LogP contribution is 2.23. The number of fused-ring (bicyclic) bond motifs is 1. The molecular weight excluding hydrogens is 285 g/mol. The number of aromatic nitrogens is 1. The first kappa shape index (κ1) is 14.7. The summed E-state index contributed by atoms with van der Waals surface area (Å²) in [5, 5.41) is 3.66. The van der Waals surface area contributed by atoms with E-state index in [-0.39, 0.29) is 11.9 Å². The van der Waals surface area contributed by atoms with Crippen LogP contribution in [0.15, 0.2) is 29.1 Å². The topological polar surface area (TPSA) is 65.2 Å². The van der Waals surface area contributed by atoms with Gasteiger partial charge in [0.05, 0.1) is 11.1 Å². The van der Waals surface area contributed by atoms with Crippen molar-refractivity contribution in [3.05, 3.63) is 46.0 Å². The van der Waals surface area contributed by atoms with Gasteiger partial charge in [-0.3, -0.25) is 9.59 Å². The number of nitrogens with zero attached hydrogens (tertiary/aromatic N) is 1. The summed E-state index contributed by atoms with van der Waals surface area (Å²) in [7, 11) is 1.85. The Morgan fingerprint density at radius 1 is 1.45 bits per heavy atom. The number of pyridine rings is 1. The minimum Gasteiger partial charge on any atom is -0.334 e. The van der Waals surface area contributed by atoms with Gasteiger partial charge in [-0.05, 0) is 38.1 Å². The third-order valence-corrected chi connectivity index (χ3v) is 4.11. The summed E-state index contributed by atoms with van der Waals surface area (Å²) >= 11 is 0. The van der Waals surface area contributed by atoms with Crippen LogP contribution in [0, 0.1) is 5.82 Å². The number of carbonyl (C=O) groups is 1. The van der Waals surface area contributed by atoms with Crippen LogP contribution in [-0.2, 0) is 0 Å². The number of hydrogen-bond acceptors (Lipinski definition) is 3. The normalized spacial score (nSPS) is 18.1. The summed E-state index contributed by atoms with van der Waals surface area (Å²) < 4.78 is 13.3. The molecule has 1 aliphatic rings. The van der Waals surface area contributed by atoms with Crippen molar-refractivity contribution in [2.45, 2.75) is 18.9 Å². The summed E-state index contributed by atoms with van der Waals surface area (Å²) in [6, 6.07) is 5.51. The molecule has 0 saturated carbocycles. The fraction of sp³-hybridized carbons (Fsp3) is 0.375. The molecule has 0 aliphatic carbocycles. The molecule has 1 unspecified atom stereocenters.